The molecule has 0 N–H and O–H groups in total. The fourth-order valence-electron chi connectivity index (χ4n) is 3.18. The van der Waals surface area contributed by atoms with Gasteiger partial charge >= 0.3 is 5.97 Å². The molecule has 0 unspecified atom stereocenters. The minimum Gasteiger partial charge on any atom is -0.494 e. The van der Waals surface area contributed by atoms with E-state index in [-0.39, 0.29) is 17.3 Å². The molecule has 0 bridgehead atoms. The fourth-order valence-corrected chi connectivity index (χ4v) is 3.18. The van der Waals surface area contributed by atoms with Crippen LogP contribution in [0, 0.1) is 10.1 Å². The Morgan fingerprint density at radius 3 is 2.55 bits per heavy atom. The molecule has 0 saturated heterocycles. The first-order valence-corrected chi connectivity index (χ1v) is 10.6. The van der Waals surface area contributed by atoms with Crippen molar-refractivity contribution in [1.29, 1.82) is 0 Å². The number of ether oxygens (including phenoxy) is 2. The SMILES string of the molecule is CCCCCCCCOc1ccc(/C=C2/N=C(c3cccc([N+](=O)[O-])c3)OC2=O)cc1. The summed E-state index contributed by atoms with van der Waals surface area (Å²) in [7, 11) is 0. The van der Waals surface area contributed by atoms with E-state index in [1.807, 2.05) is 24.3 Å². The monoisotopic (exact) mass is 422 g/mol. The number of hydrogen-bond donors (Lipinski definition) is 0. The summed E-state index contributed by atoms with van der Waals surface area (Å²) in [6, 6.07) is 13.2. The van der Waals surface area contributed by atoms with Crippen LogP contribution in [0.25, 0.3) is 6.08 Å². The number of esters is 1. The average Bonchev–Trinajstić information content (AvgIpc) is 3.14. The summed E-state index contributed by atoms with van der Waals surface area (Å²) in [4.78, 5) is 26.8. The third kappa shape index (κ3) is 6.50. The number of unbranched alkanes of at least 4 members (excludes halogenated alkanes) is 5. The van der Waals surface area contributed by atoms with Gasteiger partial charge in [-0.3, -0.25) is 10.1 Å². The topological polar surface area (TPSA) is 91.0 Å². The molecule has 31 heavy (non-hydrogen) atoms. The number of nitrogens with zero attached hydrogens (tertiary/aromatic N) is 2. The minimum absolute atomic E-state index is 0.0545. The molecule has 0 aromatic heterocycles. The molecular formula is C24H26N2O5. The minimum atomic E-state index is -0.593. The third-order valence-corrected chi connectivity index (χ3v) is 4.87. The van der Waals surface area contributed by atoms with Gasteiger partial charge in [-0.05, 0) is 36.3 Å². The van der Waals surface area contributed by atoms with Crippen molar-refractivity contribution in [3.8, 4) is 5.75 Å². The van der Waals surface area contributed by atoms with Crippen molar-refractivity contribution in [2.24, 2.45) is 4.99 Å². The number of nitro benzene ring substituents is 1. The Balaban J connectivity index is 1.58. The first kappa shape index (κ1) is 22.2. The van der Waals surface area contributed by atoms with Crippen molar-refractivity contribution < 1.29 is 19.2 Å². The summed E-state index contributed by atoms with van der Waals surface area (Å²) in [6.45, 7) is 2.90. The van der Waals surface area contributed by atoms with Crippen molar-refractivity contribution in [3.63, 3.8) is 0 Å². The zero-order valence-corrected chi connectivity index (χ0v) is 17.6. The molecule has 1 aliphatic rings. The van der Waals surface area contributed by atoms with Crippen molar-refractivity contribution in [1.82, 2.24) is 0 Å². The summed E-state index contributed by atoms with van der Waals surface area (Å²) in [5.74, 6) is 0.245. The van der Waals surface area contributed by atoms with Gasteiger partial charge in [0.1, 0.15) is 5.75 Å². The van der Waals surface area contributed by atoms with Gasteiger partial charge < -0.3 is 9.47 Å². The molecule has 2 aromatic carbocycles. The van der Waals surface area contributed by atoms with E-state index in [9.17, 15) is 14.9 Å². The van der Waals surface area contributed by atoms with Gasteiger partial charge in [0.15, 0.2) is 5.70 Å². The Kier molecular flexibility index (Phi) is 7.92. The molecule has 0 spiro atoms. The maximum Gasteiger partial charge on any atom is 0.363 e. The predicted octanol–water partition coefficient (Wildman–Crippen LogP) is 5.68. The Labute approximate surface area is 181 Å². The molecule has 1 aliphatic heterocycles. The van der Waals surface area contributed by atoms with Crippen molar-refractivity contribution in [2.75, 3.05) is 6.61 Å². The van der Waals surface area contributed by atoms with Crippen LogP contribution in [0.15, 0.2) is 59.2 Å². The number of cyclic esters (lactones) is 1. The van der Waals surface area contributed by atoms with Crippen LogP contribution in [0.5, 0.6) is 5.75 Å². The number of rotatable bonds is 11. The molecule has 0 radical (unpaired) electrons. The first-order chi connectivity index (χ1) is 15.1. The van der Waals surface area contributed by atoms with Gasteiger partial charge in [-0.2, -0.15) is 0 Å². The van der Waals surface area contributed by atoms with E-state index in [1.165, 1.54) is 50.3 Å². The molecule has 3 rings (SSSR count). The maximum absolute atomic E-state index is 12.2. The maximum atomic E-state index is 12.2. The van der Waals surface area contributed by atoms with E-state index in [1.54, 1.807) is 12.1 Å². The molecular weight excluding hydrogens is 396 g/mol. The number of aliphatic imine (C=N–C) groups is 1. The van der Waals surface area contributed by atoms with Gasteiger partial charge in [0.25, 0.3) is 5.69 Å². The molecule has 1 heterocycles. The lowest BCUT2D eigenvalue weighted by molar-refractivity contribution is -0.384. The molecule has 7 heteroatoms. The highest BCUT2D eigenvalue weighted by atomic mass is 16.6. The van der Waals surface area contributed by atoms with Crippen LogP contribution in [0.4, 0.5) is 5.69 Å². The lowest BCUT2D eigenvalue weighted by atomic mass is 10.1. The average molecular weight is 422 g/mol. The predicted molar refractivity (Wildman–Crippen MR) is 119 cm³/mol. The molecule has 0 atom stereocenters. The van der Waals surface area contributed by atoms with Gasteiger partial charge in [-0.25, -0.2) is 9.79 Å². The zero-order chi connectivity index (χ0) is 22.1. The van der Waals surface area contributed by atoms with Crippen LogP contribution in [-0.2, 0) is 9.53 Å². The van der Waals surface area contributed by atoms with Gasteiger partial charge in [-0.1, -0.05) is 57.2 Å². The van der Waals surface area contributed by atoms with Crippen LogP contribution >= 0.6 is 0 Å². The molecule has 7 nitrogen and oxygen atoms in total. The van der Waals surface area contributed by atoms with Crippen molar-refractivity contribution in [3.05, 3.63) is 75.5 Å². The molecule has 0 fully saturated rings. The van der Waals surface area contributed by atoms with Crippen molar-refractivity contribution >= 4 is 23.6 Å². The second-order valence-electron chi connectivity index (χ2n) is 7.33. The lowest BCUT2D eigenvalue weighted by Crippen LogP contribution is -2.05. The Morgan fingerprint density at radius 2 is 1.81 bits per heavy atom. The molecule has 0 saturated carbocycles. The third-order valence-electron chi connectivity index (χ3n) is 4.87. The zero-order valence-electron chi connectivity index (χ0n) is 17.6. The van der Waals surface area contributed by atoms with Crippen molar-refractivity contribution in [2.45, 2.75) is 45.4 Å². The highest BCUT2D eigenvalue weighted by molar-refractivity contribution is 6.13. The van der Waals surface area contributed by atoms with Crippen LogP contribution in [0.2, 0.25) is 0 Å². The summed E-state index contributed by atoms with van der Waals surface area (Å²) < 4.78 is 11.0. The summed E-state index contributed by atoms with van der Waals surface area (Å²) in [5, 5.41) is 10.9. The second kappa shape index (κ2) is 11.1. The summed E-state index contributed by atoms with van der Waals surface area (Å²) >= 11 is 0. The number of carbonyl (C=O) groups is 1. The van der Waals surface area contributed by atoms with Crippen LogP contribution in [-0.4, -0.2) is 23.4 Å². The normalized spacial score (nSPS) is 14.4. The first-order valence-electron chi connectivity index (χ1n) is 10.6. The molecule has 0 aliphatic carbocycles. The van der Waals surface area contributed by atoms with Crippen LogP contribution in [0.3, 0.4) is 0 Å². The number of non-ortho nitro benzene ring substituents is 1. The Morgan fingerprint density at radius 1 is 1.06 bits per heavy atom. The van der Waals surface area contributed by atoms with E-state index >= 15 is 0 Å². The molecule has 0 amide bonds. The fraction of sp³-hybridized carbons (Fsp3) is 0.333. The number of benzene rings is 2. The van der Waals surface area contributed by atoms with Gasteiger partial charge in [-0.15, -0.1) is 0 Å². The van der Waals surface area contributed by atoms with Gasteiger partial charge in [0.2, 0.25) is 5.90 Å². The number of carbonyl (C=O) groups excluding carboxylic acids is 1. The highest BCUT2D eigenvalue weighted by Gasteiger charge is 2.25. The standard InChI is InChI=1S/C24H26N2O5/c1-2-3-4-5-6-7-15-30-21-13-11-18(12-14-21)16-22-24(27)31-23(25-22)19-9-8-10-20(17-19)26(28)29/h8-14,16-17H,2-7,15H2,1H3/b22-16+. The summed E-state index contributed by atoms with van der Waals surface area (Å²) in [6.07, 6.45) is 8.91. The Bertz CT molecular complexity index is 980. The summed E-state index contributed by atoms with van der Waals surface area (Å²) in [5.41, 5.74) is 1.21. The second-order valence-corrected chi connectivity index (χ2v) is 7.33. The van der Waals surface area contributed by atoms with Gasteiger partial charge in [0, 0.05) is 17.7 Å². The van der Waals surface area contributed by atoms with Crippen LogP contribution < -0.4 is 4.74 Å². The van der Waals surface area contributed by atoms with E-state index in [4.69, 9.17) is 9.47 Å². The van der Waals surface area contributed by atoms with Crippen LogP contribution in [0.1, 0.15) is 56.6 Å². The Hall–Kier alpha value is -3.48. The van der Waals surface area contributed by atoms with E-state index in [0.717, 1.165) is 17.7 Å². The van der Waals surface area contributed by atoms with E-state index in [0.29, 0.717) is 12.2 Å². The molecule has 2 aromatic rings. The van der Waals surface area contributed by atoms with E-state index in [2.05, 4.69) is 11.9 Å². The van der Waals surface area contributed by atoms with Gasteiger partial charge in [0.05, 0.1) is 11.5 Å². The quantitative estimate of drug-likeness (QED) is 0.153. The van der Waals surface area contributed by atoms with E-state index < -0.39 is 10.9 Å². The number of nitro groups is 1. The highest BCUT2D eigenvalue weighted by Crippen LogP contribution is 2.22. The number of hydrogen-bond acceptors (Lipinski definition) is 6. The smallest absolute Gasteiger partial charge is 0.363 e. The molecule has 162 valence electrons. The lowest BCUT2D eigenvalue weighted by Gasteiger charge is -2.06. The largest absolute Gasteiger partial charge is 0.494 e.